The van der Waals surface area contributed by atoms with E-state index in [0.717, 1.165) is 0 Å². The molecule has 3 rings (SSSR count). The normalized spacial score (nSPS) is 13.5. The smallest absolute Gasteiger partial charge is 0.263 e. The molecule has 7 nitrogen and oxygen atoms in total. The summed E-state index contributed by atoms with van der Waals surface area (Å²) in [6.45, 7) is -0.141. The van der Waals surface area contributed by atoms with Crippen LogP contribution in [0.4, 0.5) is 5.69 Å². The van der Waals surface area contributed by atoms with Gasteiger partial charge in [0.25, 0.3) is 17.7 Å². The zero-order valence-corrected chi connectivity index (χ0v) is 14.8. The third-order valence-electron chi connectivity index (χ3n) is 3.56. The number of amides is 3. The first-order valence-corrected chi connectivity index (χ1v) is 8.38. The van der Waals surface area contributed by atoms with Crippen molar-refractivity contribution in [2.45, 2.75) is 0 Å². The van der Waals surface area contributed by atoms with Crippen LogP contribution in [0.5, 0.6) is 5.75 Å². The minimum Gasteiger partial charge on any atom is -0.484 e. The molecule has 1 fully saturated rings. The molecule has 0 atom stereocenters. The zero-order valence-electron chi connectivity index (χ0n) is 14.0. The lowest BCUT2D eigenvalue weighted by Crippen LogP contribution is -2.51. The van der Waals surface area contributed by atoms with E-state index in [1.54, 1.807) is 36.4 Å². The number of para-hydroxylation sites is 1. The topological polar surface area (TPSA) is 96.5 Å². The number of carbonyl (C=O) groups excluding carboxylic acids is 3. The van der Waals surface area contributed by atoms with Gasteiger partial charge in [0.1, 0.15) is 11.3 Å². The Hall–Kier alpha value is -3.52. The zero-order chi connectivity index (χ0) is 19.2. The highest BCUT2D eigenvalue weighted by atomic mass is 32.1. The minimum atomic E-state index is -0.554. The fourth-order valence-electron chi connectivity index (χ4n) is 2.30. The van der Waals surface area contributed by atoms with E-state index < -0.39 is 11.8 Å². The van der Waals surface area contributed by atoms with E-state index in [1.807, 2.05) is 18.2 Å². The predicted octanol–water partition coefficient (Wildman–Crippen LogP) is 1.62. The maximum absolute atomic E-state index is 11.9. The van der Waals surface area contributed by atoms with E-state index in [-0.39, 0.29) is 23.2 Å². The van der Waals surface area contributed by atoms with Crippen molar-refractivity contribution in [3.63, 3.8) is 0 Å². The number of rotatable bonds is 5. The van der Waals surface area contributed by atoms with Crippen LogP contribution in [0.25, 0.3) is 6.08 Å². The summed E-state index contributed by atoms with van der Waals surface area (Å²) in [6, 6.07) is 15.7. The van der Waals surface area contributed by atoms with Crippen molar-refractivity contribution in [3.05, 3.63) is 65.7 Å². The highest BCUT2D eigenvalue weighted by Crippen LogP contribution is 2.16. The Morgan fingerprint density at radius 1 is 1.00 bits per heavy atom. The number of nitrogens with one attached hydrogen (secondary N) is 3. The van der Waals surface area contributed by atoms with E-state index in [0.29, 0.717) is 17.0 Å². The SMILES string of the molecule is O=C(COc1ccc(C=C2C(=O)NC(=S)NC2=O)cc1)Nc1ccccc1. The average molecular weight is 381 g/mol. The third-order valence-corrected chi connectivity index (χ3v) is 3.77. The maximum Gasteiger partial charge on any atom is 0.263 e. The first-order chi connectivity index (χ1) is 13.0. The van der Waals surface area contributed by atoms with Gasteiger partial charge in [-0.25, -0.2) is 0 Å². The van der Waals surface area contributed by atoms with Gasteiger partial charge in [-0.2, -0.15) is 0 Å². The quantitative estimate of drug-likeness (QED) is 0.416. The number of anilines is 1. The molecule has 1 heterocycles. The van der Waals surface area contributed by atoms with Crippen LogP contribution in [-0.2, 0) is 14.4 Å². The van der Waals surface area contributed by atoms with Crippen LogP contribution in [0.15, 0.2) is 60.2 Å². The van der Waals surface area contributed by atoms with Gasteiger partial charge in [-0.3, -0.25) is 25.0 Å². The number of carbonyl (C=O) groups is 3. The van der Waals surface area contributed by atoms with Crippen LogP contribution in [0.3, 0.4) is 0 Å². The lowest BCUT2D eigenvalue weighted by molar-refractivity contribution is -0.123. The molecule has 0 radical (unpaired) electrons. The molecule has 1 saturated heterocycles. The van der Waals surface area contributed by atoms with Crippen molar-refractivity contribution in [1.29, 1.82) is 0 Å². The Balaban J connectivity index is 1.58. The molecule has 3 amide bonds. The molecule has 0 bridgehead atoms. The average Bonchev–Trinajstić information content (AvgIpc) is 2.65. The van der Waals surface area contributed by atoms with Crippen molar-refractivity contribution < 1.29 is 19.1 Å². The van der Waals surface area contributed by atoms with E-state index in [2.05, 4.69) is 16.0 Å². The molecule has 2 aromatic carbocycles. The largest absolute Gasteiger partial charge is 0.484 e. The highest BCUT2D eigenvalue weighted by Gasteiger charge is 2.25. The van der Waals surface area contributed by atoms with Gasteiger partial charge >= 0.3 is 0 Å². The van der Waals surface area contributed by atoms with Crippen molar-refractivity contribution in [1.82, 2.24) is 10.6 Å². The van der Waals surface area contributed by atoms with Crippen molar-refractivity contribution in [2.24, 2.45) is 0 Å². The molecule has 8 heteroatoms. The molecule has 2 aromatic rings. The number of hydrogen-bond donors (Lipinski definition) is 3. The molecule has 27 heavy (non-hydrogen) atoms. The van der Waals surface area contributed by atoms with E-state index >= 15 is 0 Å². The Labute approximate surface area is 160 Å². The Morgan fingerprint density at radius 3 is 2.26 bits per heavy atom. The number of hydrogen-bond acceptors (Lipinski definition) is 5. The molecule has 0 unspecified atom stereocenters. The fraction of sp³-hybridized carbons (Fsp3) is 0.0526. The van der Waals surface area contributed by atoms with E-state index in [9.17, 15) is 14.4 Å². The van der Waals surface area contributed by atoms with Gasteiger partial charge < -0.3 is 10.1 Å². The van der Waals surface area contributed by atoms with Crippen LogP contribution in [0.1, 0.15) is 5.56 Å². The Bertz CT molecular complexity index is 902. The van der Waals surface area contributed by atoms with Gasteiger partial charge in [0, 0.05) is 5.69 Å². The van der Waals surface area contributed by atoms with Crippen LogP contribution in [-0.4, -0.2) is 29.4 Å². The molecule has 1 aliphatic rings. The van der Waals surface area contributed by atoms with Gasteiger partial charge in [0.2, 0.25) is 0 Å². The molecular weight excluding hydrogens is 366 g/mol. The number of thiocarbonyl (C=S) groups is 1. The Kier molecular flexibility index (Phi) is 5.58. The molecule has 3 N–H and O–H groups in total. The van der Waals surface area contributed by atoms with Crippen LogP contribution in [0, 0.1) is 0 Å². The number of ether oxygens (including phenoxy) is 1. The summed E-state index contributed by atoms with van der Waals surface area (Å²) in [4.78, 5) is 35.5. The van der Waals surface area contributed by atoms with Gasteiger partial charge in [-0.05, 0) is 48.1 Å². The van der Waals surface area contributed by atoms with Crippen molar-refractivity contribution in [2.75, 3.05) is 11.9 Å². The second-order valence-corrected chi connectivity index (χ2v) is 5.98. The van der Waals surface area contributed by atoms with Gasteiger partial charge in [-0.15, -0.1) is 0 Å². The van der Waals surface area contributed by atoms with Crippen LogP contribution >= 0.6 is 12.2 Å². The monoisotopic (exact) mass is 381 g/mol. The lowest BCUT2D eigenvalue weighted by Gasteiger charge is -2.16. The maximum atomic E-state index is 11.9. The van der Waals surface area contributed by atoms with Crippen LogP contribution < -0.4 is 20.7 Å². The predicted molar refractivity (Wildman–Crippen MR) is 104 cm³/mol. The summed E-state index contributed by atoms with van der Waals surface area (Å²) in [6.07, 6.45) is 1.44. The summed E-state index contributed by atoms with van der Waals surface area (Å²) in [5.41, 5.74) is 1.28. The minimum absolute atomic E-state index is 0.0142. The van der Waals surface area contributed by atoms with E-state index in [4.69, 9.17) is 17.0 Å². The molecule has 0 aliphatic carbocycles. The summed E-state index contributed by atoms with van der Waals surface area (Å²) in [5.74, 6) is -0.902. The first-order valence-electron chi connectivity index (χ1n) is 7.97. The molecule has 136 valence electrons. The summed E-state index contributed by atoms with van der Waals surface area (Å²) in [7, 11) is 0. The third kappa shape index (κ3) is 4.99. The summed E-state index contributed by atoms with van der Waals surface area (Å²) >= 11 is 4.75. The summed E-state index contributed by atoms with van der Waals surface area (Å²) in [5, 5.41) is 7.44. The number of benzene rings is 2. The first kappa shape index (κ1) is 18.3. The van der Waals surface area contributed by atoms with Crippen LogP contribution in [0.2, 0.25) is 0 Å². The lowest BCUT2D eigenvalue weighted by atomic mass is 10.1. The van der Waals surface area contributed by atoms with E-state index in [1.165, 1.54) is 6.08 Å². The second-order valence-electron chi connectivity index (χ2n) is 5.57. The van der Waals surface area contributed by atoms with Gasteiger partial charge in [0.05, 0.1) is 0 Å². The molecule has 0 spiro atoms. The standard InChI is InChI=1S/C19H15N3O4S/c23-16(20-13-4-2-1-3-5-13)11-26-14-8-6-12(7-9-14)10-15-17(24)21-19(27)22-18(15)25/h1-10H,11H2,(H,20,23)(H2,21,22,24,25,27). The molecule has 0 aromatic heterocycles. The Morgan fingerprint density at radius 2 is 1.63 bits per heavy atom. The fourth-order valence-corrected chi connectivity index (χ4v) is 2.49. The van der Waals surface area contributed by atoms with Gasteiger partial charge in [0.15, 0.2) is 11.7 Å². The highest BCUT2D eigenvalue weighted by molar-refractivity contribution is 7.80. The second kappa shape index (κ2) is 8.24. The van der Waals surface area contributed by atoms with Crippen molar-refractivity contribution in [3.8, 4) is 5.75 Å². The van der Waals surface area contributed by atoms with Crippen molar-refractivity contribution >= 4 is 46.8 Å². The summed E-state index contributed by atoms with van der Waals surface area (Å²) < 4.78 is 5.43. The molecule has 0 saturated carbocycles. The van der Waals surface area contributed by atoms with Gasteiger partial charge in [-0.1, -0.05) is 30.3 Å². The molecular formula is C19H15N3O4S. The molecule has 1 aliphatic heterocycles.